The van der Waals surface area contributed by atoms with Gasteiger partial charge in [0.05, 0.1) is 10.6 Å². The summed E-state index contributed by atoms with van der Waals surface area (Å²) in [6, 6.07) is 7.56. The van der Waals surface area contributed by atoms with Gasteiger partial charge in [-0.25, -0.2) is 0 Å². The number of carbonyl (C=O) groups excluding carboxylic acids is 2. The van der Waals surface area contributed by atoms with Crippen molar-refractivity contribution < 1.29 is 9.59 Å². The first kappa shape index (κ1) is 13.7. The predicted molar refractivity (Wildman–Crippen MR) is 76.9 cm³/mol. The molecule has 1 aromatic carbocycles. The minimum absolute atomic E-state index is 0.123. The molecular weight excluding hydrogens is 260 g/mol. The van der Waals surface area contributed by atoms with Gasteiger partial charge in [-0.1, -0.05) is 23.9 Å². The van der Waals surface area contributed by atoms with Gasteiger partial charge in [-0.3, -0.25) is 9.59 Å². The zero-order valence-corrected chi connectivity index (χ0v) is 11.8. The number of nitrogens with zero attached hydrogens (tertiary/aromatic N) is 1. The van der Waals surface area contributed by atoms with Gasteiger partial charge in [0.25, 0.3) is 5.91 Å². The molecule has 0 unspecified atom stereocenters. The first-order valence-corrected chi connectivity index (χ1v) is 7.06. The molecule has 1 aliphatic rings. The van der Waals surface area contributed by atoms with Crippen LogP contribution in [0.15, 0.2) is 40.1 Å². The van der Waals surface area contributed by atoms with E-state index in [0.29, 0.717) is 18.0 Å². The highest BCUT2D eigenvalue weighted by Gasteiger charge is 2.22. The van der Waals surface area contributed by atoms with Crippen LogP contribution in [0.1, 0.15) is 13.8 Å². The quantitative estimate of drug-likeness (QED) is 0.863. The molecule has 1 aliphatic heterocycles. The molecule has 0 spiro atoms. The molecule has 0 bridgehead atoms. The van der Waals surface area contributed by atoms with Crippen molar-refractivity contribution in [3.8, 4) is 0 Å². The van der Waals surface area contributed by atoms with E-state index in [9.17, 15) is 9.59 Å². The van der Waals surface area contributed by atoms with E-state index in [2.05, 4.69) is 5.32 Å². The second-order valence-electron chi connectivity index (χ2n) is 4.07. The van der Waals surface area contributed by atoms with E-state index in [1.165, 1.54) is 17.8 Å². The second-order valence-corrected chi connectivity index (χ2v) is 5.16. The van der Waals surface area contributed by atoms with Crippen LogP contribution in [0.5, 0.6) is 0 Å². The third-order valence-corrected chi connectivity index (χ3v) is 4.01. The highest BCUT2D eigenvalue weighted by atomic mass is 32.2. The number of anilines is 1. The Kier molecular flexibility index (Phi) is 4.27. The van der Waals surface area contributed by atoms with Crippen LogP contribution in [0.25, 0.3) is 0 Å². The van der Waals surface area contributed by atoms with E-state index in [1.807, 2.05) is 38.1 Å². The topological polar surface area (TPSA) is 49.4 Å². The lowest BCUT2D eigenvalue weighted by Gasteiger charge is -2.20. The molecule has 5 heteroatoms. The number of benzene rings is 1. The summed E-state index contributed by atoms with van der Waals surface area (Å²) in [6.07, 6.45) is 1.42. The molecule has 0 saturated carbocycles. The zero-order valence-electron chi connectivity index (χ0n) is 11.0. The lowest BCUT2D eigenvalue weighted by molar-refractivity contribution is -0.126. The Morgan fingerprint density at radius 2 is 2.00 bits per heavy atom. The van der Waals surface area contributed by atoms with E-state index >= 15 is 0 Å². The van der Waals surface area contributed by atoms with Gasteiger partial charge < -0.3 is 10.2 Å². The Morgan fingerprint density at radius 1 is 1.32 bits per heavy atom. The van der Waals surface area contributed by atoms with Gasteiger partial charge in [-0.05, 0) is 26.0 Å². The van der Waals surface area contributed by atoms with Gasteiger partial charge in [-0.15, -0.1) is 0 Å². The Bertz CT molecular complexity index is 536. The van der Waals surface area contributed by atoms with Crippen molar-refractivity contribution in [2.24, 2.45) is 0 Å². The highest BCUT2D eigenvalue weighted by Crippen LogP contribution is 2.37. The third-order valence-electron chi connectivity index (χ3n) is 2.91. The summed E-state index contributed by atoms with van der Waals surface area (Å²) >= 11 is 1.33. The number of amides is 2. The number of hydrogen-bond donors (Lipinski definition) is 1. The maximum absolute atomic E-state index is 12.0. The molecule has 100 valence electrons. The van der Waals surface area contributed by atoms with Crippen LogP contribution < -0.4 is 5.32 Å². The van der Waals surface area contributed by atoms with E-state index in [1.54, 1.807) is 4.90 Å². The number of rotatable bonds is 3. The molecule has 0 saturated heterocycles. The largest absolute Gasteiger partial charge is 0.340 e. The van der Waals surface area contributed by atoms with Crippen molar-refractivity contribution in [1.82, 2.24) is 4.90 Å². The van der Waals surface area contributed by atoms with Gasteiger partial charge >= 0.3 is 0 Å². The molecule has 0 radical (unpaired) electrons. The minimum atomic E-state index is -0.218. The van der Waals surface area contributed by atoms with Gasteiger partial charge in [0.15, 0.2) is 0 Å². The maximum Gasteiger partial charge on any atom is 0.262 e. The van der Waals surface area contributed by atoms with Crippen molar-refractivity contribution in [2.75, 3.05) is 18.4 Å². The van der Waals surface area contributed by atoms with Crippen LogP contribution in [0, 0.1) is 0 Å². The summed E-state index contributed by atoms with van der Waals surface area (Å²) in [5, 5.41) is 2.79. The summed E-state index contributed by atoms with van der Waals surface area (Å²) in [6.45, 7) is 5.12. The molecule has 1 heterocycles. The van der Waals surface area contributed by atoms with E-state index < -0.39 is 0 Å². The molecule has 0 aliphatic carbocycles. The summed E-state index contributed by atoms with van der Waals surface area (Å²) < 4.78 is 0. The Balaban J connectivity index is 2.23. The number of carbonyl (C=O) groups is 2. The smallest absolute Gasteiger partial charge is 0.262 e. The Hall–Kier alpha value is -1.75. The monoisotopic (exact) mass is 276 g/mol. The van der Waals surface area contributed by atoms with Crippen molar-refractivity contribution in [1.29, 1.82) is 0 Å². The SMILES string of the molecule is CCN(CC)C(=O)/C=C1/Sc2ccccc2NC1=O. The predicted octanol–water partition coefficient (Wildman–Crippen LogP) is 2.48. The highest BCUT2D eigenvalue weighted by molar-refractivity contribution is 8.04. The van der Waals surface area contributed by atoms with Crippen LogP contribution in [-0.2, 0) is 9.59 Å². The molecule has 1 aromatic rings. The van der Waals surface area contributed by atoms with Crippen LogP contribution in [0.3, 0.4) is 0 Å². The van der Waals surface area contributed by atoms with Crippen LogP contribution in [0.2, 0.25) is 0 Å². The second kappa shape index (κ2) is 5.93. The van der Waals surface area contributed by atoms with Crippen LogP contribution in [0.4, 0.5) is 5.69 Å². The summed E-state index contributed by atoms with van der Waals surface area (Å²) in [5.41, 5.74) is 0.796. The molecule has 0 atom stereocenters. The van der Waals surface area contributed by atoms with Gasteiger partial charge in [0.2, 0.25) is 5.91 Å². The lowest BCUT2D eigenvalue weighted by Crippen LogP contribution is -2.30. The molecule has 2 rings (SSSR count). The number of likely N-dealkylation sites (N-methyl/N-ethyl adjacent to an activating group) is 1. The summed E-state index contributed by atoms with van der Waals surface area (Å²) in [5.74, 6) is -0.341. The van der Waals surface area contributed by atoms with Gasteiger partial charge in [0.1, 0.15) is 0 Å². The maximum atomic E-state index is 12.0. The number of nitrogens with one attached hydrogen (secondary N) is 1. The average Bonchev–Trinajstić information content (AvgIpc) is 2.41. The zero-order chi connectivity index (χ0) is 13.8. The van der Waals surface area contributed by atoms with Crippen molar-refractivity contribution in [2.45, 2.75) is 18.7 Å². The fourth-order valence-electron chi connectivity index (χ4n) is 1.84. The minimum Gasteiger partial charge on any atom is -0.340 e. The molecule has 0 fully saturated rings. The van der Waals surface area contributed by atoms with E-state index in [-0.39, 0.29) is 11.8 Å². The number of hydrogen-bond acceptors (Lipinski definition) is 3. The molecule has 4 nitrogen and oxygen atoms in total. The molecular formula is C14H16N2O2S. The number of thioether (sulfide) groups is 1. The Labute approximate surface area is 116 Å². The summed E-state index contributed by atoms with van der Waals surface area (Å²) in [4.78, 5) is 27.0. The molecule has 0 aromatic heterocycles. The molecule has 19 heavy (non-hydrogen) atoms. The first-order chi connectivity index (χ1) is 9.15. The average molecular weight is 276 g/mol. The standard InChI is InChI=1S/C14H16N2O2S/c1-3-16(4-2)13(17)9-12-14(18)15-10-7-5-6-8-11(10)19-12/h5-9H,3-4H2,1-2H3,(H,15,18)/b12-9+. The van der Waals surface area contributed by atoms with Crippen LogP contribution >= 0.6 is 11.8 Å². The van der Waals surface area contributed by atoms with Crippen molar-refractivity contribution in [3.05, 3.63) is 35.2 Å². The summed E-state index contributed by atoms with van der Waals surface area (Å²) in [7, 11) is 0. The number of para-hydroxylation sites is 1. The normalized spacial score (nSPS) is 15.9. The van der Waals surface area contributed by atoms with Gasteiger partial charge in [-0.2, -0.15) is 0 Å². The first-order valence-electron chi connectivity index (χ1n) is 6.24. The van der Waals surface area contributed by atoms with Crippen molar-refractivity contribution in [3.63, 3.8) is 0 Å². The third kappa shape index (κ3) is 2.98. The van der Waals surface area contributed by atoms with E-state index in [0.717, 1.165) is 10.6 Å². The molecule has 2 amide bonds. The van der Waals surface area contributed by atoms with Gasteiger partial charge in [0, 0.05) is 24.1 Å². The fourth-order valence-corrected chi connectivity index (χ4v) is 2.76. The fraction of sp³-hybridized carbons (Fsp3) is 0.286. The van der Waals surface area contributed by atoms with Crippen LogP contribution in [-0.4, -0.2) is 29.8 Å². The van der Waals surface area contributed by atoms with E-state index in [4.69, 9.17) is 0 Å². The molecule has 1 N–H and O–H groups in total. The Morgan fingerprint density at radius 3 is 2.68 bits per heavy atom. The van der Waals surface area contributed by atoms with Crippen molar-refractivity contribution >= 4 is 29.3 Å². The number of fused-ring (bicyclic) bond motifs is 1. The lowest BCUT2D eigenvalue weighted by atomic mass is 10.3.